The quantitative estimate of drug-likeness (QED) is 0.162. The van der Waals surface area contributed by atoms with Crippen molar-refractivity contribution in [2.75, 3.05) is 0 Å². The van der Waals surface area contributed by atoms with E-state index in [1.165, 1.54) is 6.92 Å². The minimum Gasteiger partial charge on any atom is -0.382 e. The molecular weight excluding hydrogens is 595 g/mol. The highest BCUT2D eigenvalue weighted by molar-refractivity contribution is 5.94. The maximum Gasteiger partial charge on any atom is 0.416 e. The Morgan fingerprint density at radius 1 is 0.756 bits per heavy atom. The monoisotopic (exact) mass is 635 g/mol. The van der Waals surface area contributed by atoms with Crippen LogP contribution in [0.3, 0.4) is 0 Å². The number of nitrogens with two attached hydrogens (primary N) is 1. The molecule has 0 aliphatic heterocycles. The zero-order chi connectivity index (χ0) is 33.7. The Labute approximate surface area is 259 Å². The third-order valence-electron chi connectivity index (χ3n) is 6.89. The predicted molar refractivity (Wildman–Crippen MR) is 159 cm³/mol. The number of carbonyl (C=O) groups is 5. The minimum absolute atomic E-state index is 0.0169. The highest BCUT2D eigenvalue weighted by Crippen LogP contribution is 2.24. The Hall–Kier alpha value is -4.46. The van der Waals surface area contributed by atoms with Gasteiger partial charge in [-0.05, 0) is 23.5 Å². The number of halogens is 3. The van der Waals surface area contributed by atoms with Crippen molar-refractivity contribution in [1.29, 1.82) is 0 Å². The Kier molecular flexibility index (Phi) is 14.0. The number of hydrogen-bond donors (Lipinski definition) is 6. The van der Waals surface area contributed by atoms with Crippen molar-refractivity contribution in [2.45, 2.75) is 82.9 Å². The Morgan fingerprint density at radius 3 is 1.60 bits per heavy atom. The molecule has 11 nitrogen and oxygen atoms in total. The second-order valence-corrected chi connectivity index (χ2v) is 11.0. The summed E-state index contributed by atoms with van der Waals surface area (Å²) in [5.41, 5.74) is 6.29. The van der Waals surface area contributed by atoms with E-state index in [0.29, 0.717) is 11.1 Å². The van der Waals surface area contributed by atoms with Gasteiger partial charge in [0, 0.05) is 26.2 Å². The molecule has 2 rings (SSSR count). The SMILES string of the molecule is CC(=O)N[C@H](C(=O)N[C@@H](Cc1ccccc1)C(=O)N[C@@H](Cc1ccccc1)C(=O)NC(CCC(N)=O)C(O)C(F)(F)F)C(C)C. The van der Waals surface area contributed by atoms with E-state index in [2.05, 4.69) is 21.3 Å². The summed E-state index contributed by atoms with van der Waals surface area (Å²) in [6.07, 6.45) is -9.47. The molecule has 0 aliphatic rings. The zero-order valence-corrected chi connectivity index (χ0v) is 25.3. The number of amides is 5. The lowest BCUT2D eigenvalue weighted by Crippen LogP contribution is -2.60. The summed E-state index contributed by atoms with van der Waals surface area (Å²) in [5.74, 6) is -4.27. The number of hydrogen-bond acceptors (Lipinski definition) is 6. The normalized spacial score (nSPS) is 14.8. The Bertz CT molecular complexity index is 1290. The number of primary amides is 1. The van der Waals surface area contributed by atoms with Crippen LogP contribution in [0, 0.1) is 5.92 Å². The lowest BCUT2D eigenvalue weighted by atomic mass is 9.99. The fourth-order valence-electron chi connectivity index (χ4n) is 4.52. The van der Waals surface area contributed by atoms with Gasteiger partial charge in [-0.1, -0.05) is 74.5 Å². The average Bonchev–Trinajstić information content (AvgIpc) is 2.97. The summed E-state index contributed by atoms with van der Waals surface area (Å²) in [6, 6.07) is 11.3. The molecule has 0 spiro atoms. The van der Waals surface area contributed by atoms with E-state index in [-0.39, 0.29) is 18.8 Å². The summed E-state index contributed by atoms with van der Waals surface area (Å²) in [6.45, 7) is 4.66. The molecule has 0 saturated carbocycles. The molecular formula is C31H40F3N5O6. The van der Waals surface area contributed by atoms with Crippen LogP contribution in [0.1, 0.15) is 44.7 Å². The van der Waals surface area contributed by atoms with Crippen LogP contribution in [0.4, 0.5) is 13.2 Å². The number of benzene rings is 2. The fraction of sp³-hybridized carbons (Fsp3) is 0.452. The van der Waals surface area contributed by atoms with Gasteiger partial charge in [-0.25, -0.2) is 0 Å². The lowest BCUT2D eigenvalue weighted by molar-refractivity contribution is -0.212. The van der Waals surface area contributed by atoms with Gasteiger partial charge in [-0.15, -0.1) is 0 Å². The number of carbonyl (C=O) groups excluding carboxylic acids is 5. The molecule has 0 radical (unpaired) electrons. The van der Waals surface area contributed by atoms with Crippen LogP contribution in [0.5, 0.6) is 0 Å². The molecule has 5 atom stereocenters. The van der Waals surface area contributed by atoms with Crippen molar-refractivity contribution in [1.82, 2.24) is 21.3 Å². The third-order valence-corrected chi connectivity index (χ3v) is 6.89. The van der Waals surface area contributed by atoms with Gasteiger partial charge < -0.3 is 32.1 Å². The molecule has 5 amide bonds. The number of rotatable bonds is 16. The first-order valence-electron chi connectivity index (χ1n) is 14.4. The van der Waals surface area contributed by atoms with Crippen LogP contribution in [-0.4, -0.2) is 71.1 Å². The van der Waals surface area contributed by atoms with Crippen molar-refractivity contribution < 1.29 is 42.3 Å². The van der Waals surface area contributed by atoms with E-state index in [0.717, 1.165) is 0 Å². The van der Waals surface area contributed by atoms with Gasteiger partial charge in [0.25, 0.3) is 0 Å². The first-order chi connectivity index (χ1) is 21.1. The van der Waals surface area contributed by atoms with E-state index in [1.807, 2.05) is 0 Å². The van der Waals surface area contributed by atoms with Crippen molar-refractivity contribution in [3.05, 3.63) is 71.8 Å². The largest absolute Gasteiger partial charge is 0.416 e. The van der Waals surface area contributed by atoms with E-state index in [4.69, 9.17) is 5.73 Å². The first-order valence-corrected chi connectivity index (χ1v) is 14.4. The Balaban J connectivity index is 2.41. The highest BCUT2D eigenvalue weighted by atomic mass is 19.4. The second-order valence-electron chi connectivity index (χ2n) is 11.0. The van der Waals surface area contributed by atoms with Crippen molar-refractivity contribution in [3.8, 4) is 0 Å². The zero-order valence-electron chi connectivity index (χ0n) is 25.3. The summed E-state index contributed by atoms with van der Waals surface area (Å²) >= 11 is 0. The van der Waals surface area contributed by atoms with Crippen LogP contribution >= 0.6 is 0 Å². The topological polar surface area (TPSA) is 180 Å². The predicted octanol–water partition coefficient (Wildman–Crippen LogP) is 1.28. The van der Waals surface area contributed by atoms with Gasteiger partial charge in [0.15, 0.2) is 6.10 Å². The minimum atomic E-state index is -5.13. The van der Waals surface area contributed by atoms with Gasteiger partial charge in [-0.3, -0.25) is 24.0 Å². The summed E-state index contributed by atoms with van der Waals surface area (Å²) < 4.78 is 40.2. The molecule has 0 bridgehead atoms. The van der Waals surface area contributed by atoms with Crippen LogP contribution < -0.4 is 27.0 Å². The Morgan fingerprint density at radius 2 is 1.20 bits per heavy atom. The van der Waals surface area contributed by atoms with E-state index in [1.54, 1.807) is 74.5 Å². The third kappa shape index (κ3) is 12.6. The van der Waals surface area contributed by atoms with Crippen molar-refractivity contribution >= 4 is 29.5 Å². The highest BCUT2D eigenvalue weighted by Gasteiger charge is 2.44. The van der Waals surface area contributed by atoms with Crippen LogP contribution in [0.25, 0.3) is 0 Å². The number of aliphatic hydroxyl groups excluding tert-OH is 1. The van der Waals surface area contributed by atoms with E-state index < -0.39 is 78.8 Å². The molecule has 2 unspecified atom stereocenters. The molecule has 0 aliphatic carbocycles. The van der Waals surface area contributed by atoms with Crippen LogP contribution in [-0.2, 0) is 36.8 Å². The number of nitrogens with one attached hydrogen (secondary N) is 4. The maximum atomic E-state index is 13.7. The van der Waals surface area contributed by atoms with Crippen LogP contribution in [0.15, 0.2) is 60.7 Å². The first kappa shape index (κ1) is 36.7. The fourth-order valence-corrected chi connectivity index (χ4v) is 4.52. The van der Waals surface area contributed by atoms with E-state index >= 15 is 0 Å². The van der Waals surface area contributed by atoms with Gasteiger partial charge in [-0.2, -0.15) is 13.2 Å². The average molecular weight is 636 g/mol. The smallest absolute Gasteiger partial charge is 0.382 e. The van der Waals surface area contributed by atoms with Crippen molar-refractivity contribution in [3.63, 3.8) is 0 Å². The van der Waals surface area contributed by atoms with Gasteiger partial charge in [0.2, 0.25) is 29.5 Å². The molecule has 0 aromatic heterocycles. The standard InChI is InChI=1S/C31H40F3N5O6/c1-18(2)26(36-19(3)40)30(45)39-24(17-21-12-8-5-9-13-21)29(44)38-23(16-20-10-6-4-7-11-20)28(43)37-22(14-15-25(35)41)27(42)31(32,33)34/h4-13,18,22-24,26-27,42H,14-17H2,1-3H3,(H2,35,41)(H,36,40)(H,37,43)(H,38,44)(H,39,45)/t22?,23-,24-,26-,27?/m0/s1. The van der Waals surface area contributed by atoms with E-state index in [9.17, 15) is 42.3 Å². The number of aliphatic hydroxyl groups is 1. The molecule has 45 heavy (non-hydrogen) atoms. The molecule has 0 heterocycles. The summed E-state index contributed by atoms with van der Waals surface area (Å²) in [5, 5.41) is 19.8. The summed E-state index contributed by atoms with van der Waals surface area (Å²) in [7, 11) is 0. The maximum absolute atomic E-state index is 13.7. The molecule has 2 aromatic carbocycles. The van der Waals surface area contributed by atoms with Gasteiger partial charge in [0.1, 0.15) is 18.1 Å². The summed E-state index contributed by atoms with van der Waals surface area (Å²) in [4.78, 5) is 63.4. The van der Waals surface area contributed by atoms with Crippen molar-refractivity contribution in [2.24, 2.45) is 11.7 Å². The molecule has 7 N–H and O–H groups in total. The molecule has 14 heteroatoms. The molecule has 0 saturated heterocycles. The molecule has 0 fully saturated rings. The van der Waals surface area contributed by atoms with Crippen LogP contribution in [0.2, 0.25) is 0 Å². The molecule has 2 aromatic rings. The van der Waals surface area contributed by atoms with Gasteiger partial charge >= 0.3 is 6.18 Å². The second kappa shape index (κ2) is 17.1. The lowest BCUT2D eigenvalue weighted by Gasteiger charge is -2.29. The van der Waals surface area contributed by atoms with Gasteiger partial charge in [0.05, 0.1) is 6.04 Å². The molecule has 246 valence electrons. The number of alkyl halides is 3.